The van der Waals surface area contributed by atoms with Gasteiger partial charge in [0, 0.05) is 23.5 Å². The molecule has 2 atom stereocenters. The van der Waals surface area contributed by atoms with Crippen LogP contribution in [0.2, 0.25) is 0 Å². The molecule has 2 aliphatic rings. The molecule has 1 aromatic carbocycles. The van der Waals surface area contributed by atoms with Crippen LogP contribution in [0, 0.1) is 0 Å². The number of fused-ring (bicyclic) bond motifs is 1. The first-order chi connectivity index (χ1) is 16.7. The molecule has 1 fully saturated rings. The maximum atomic E-state index is 13.1. The number of ether oxygens (including phenoxy) is 2. The highest BCUT2D eigenvalue weighted by molar-refractivity contribution is 7.89. The third kappa shape index (κ3) is 5.61. The zero-order valence-electron chi connectivity index (χ0n) is 20.3. The molecule has 1 aromatic heterocycles. The summed E-state index contributed by atoms with van der Waals surface area (Å²) in [6.07, 6.45) is 4.47. The van der Waals surface area contributed by atoms with Crippen molar-refractivity contribution in [3.8, 4) is 0 Å². The van der Waals surface area contributed by atoms with Crippen LogP contribution in [0.4, 0.5) is 5.00 Å². The Morgan fingerprint density at radius 3 is 2.40 bits per heavy atom. The molecular formula is C25H32N2O6S2. The lowest BCUT2D eigenvalue weighted by Crippen LogP contribution is -2.48. The first-order valence-electron chi connectivity index (χ1n) is 12.1. The molecule has 0 unspecified atom stereocenters. The Morgan fingerprint density at radius 2 is 1.74 bits per heavy atom. The predicted molar refractivity (Wildman–Crippen MR) is 135 cm³/mol. The van der Waals surface area contributed by atoms with E-state index < -0.39 is 21.9 Å². The largest absolute Gasteiger partial charge is 0.462 e. The van der Waals surface area contributed by atoms with Gasteiger partial charge in [0.1, 0.15) is 5.00 Å². The number of rotatable bonds is 6. The van der Waals surface area contributed by atoms with Gasteiger partial charge in [-0.05, 0) is 76.3 Å². The van der Waals surface area contributed by atoms with Crippen LogP contribution in [-0.2, 0) is 32.3 Å². The minimum Gasteiger partial charge on any atom is -0.462 e. The lowest BCUT2D eigenvalue weighted by Gasteiger charge is -2.34. The summed E-state index contributed by atoms with van der Waals surface area (Å²) in [7, 11) is -3.70. The average molecular weight is 521 g/mol. The van der Waals surface area contributed by atoms with E-state index in [1.54, 1.807) is 6.92 Å². The lowest BCUT2D eigenvalue weighted by molar-refractivity contribution is -0.0440. The summed E-state index contributed by atoms with van der Waals surface area (Å²) < 4.78 is 38.5. The van der Waals surface area contributed by atoms with E-state index >= 15 is 0 Å². The van der Waals surface area contributed by atoms with Gasteiger partial charge in [-0.15, -0.1) is 11.3 Å². The van der Waals surface area contributed by atoms with E-state index in [1.165, 1.54) is 39.9 Å². The fraction of sp³-hybridized carbons (Fsp3) is 0.520. The third-order valence-corrected chi connectivity index (χ3v) is 9.32. The summed E-state index contributed by atoms with van der Waals surface area (Å²) in [6.45, 7) is 6.28. The molecular weight excluding hydrogens is 488 g/mol. The Balaban J connectivity index is 1.55. The number of carbonyl (C=O) groups excluding carboxylic acids is 2. The Bertz CT molecular complexity index is 1180. The van der Waals surface area contributed by atoms with Crippen LogP contribution in [0.15, 0.2) is 29.2 Å². The number of amides is 1. The molecule has 1 saturated heterocycles. The number of aryl methyl sites for hydroxylation is 1. The van der Waals surface area contributed by atoms with E-state index in [9.17, 15) is 18.0 Å². The molecule has 2 aromatic rings. The molecule has 35 heavy (non-hydrogen) atoms. The Hall–Kier alpha value is -2.27. The summed E-state index contributed by atoms with van der Waals surface area (Å²) in [6, 6.07) is 5.89. The summed E-state index contributed by atoms with van der Waals surface area (Å²) in [5.74, 6) is -0.817. The quantitative estimate of drug-likeness (QED) is 0.452. The third-order valence-electron chi connectivity index (χ3n) is 6.27. The number of hydrogen-bond acceptors (Lipinski definition) is 7. The number of thiophene rings is 1. The molecule has 1 amide bonds. The second-order valence-electron chi connectivity index (χ2n) is 9.05. The van der Waals surface area contributed by atoms with Crippen LogP contribution in [0.5, 0.6) is 0 Å². The molecule has 1 N–H and O–H groups in total. The van der Waals surface area contributed by atoms with Gasteiger partial charge in [0.2, 0.25) is 10.0 Å². The molecule has 190 valence electrons. The predicted octanol–water partition coefficient (Wildman–Crippen LogP) is 4.24. The number of morpholine rings is 1. The van der Waals surface area contributed by atoms with Crippen LogP contribution in [0.25, 0.3) is 0 Å². The van der Waals surface area contributed by atoms with E-state index in [2.05, 4.69) is 5.32 Å². The van der Waals surface area contributed by atoms with Crippen molar-refractivity contribution in [1.29, 1.82) is 0 Å². The number of nitrogens with one attached hydrogen (secondary N) is 1. The maximum Gasteiger partial charge on any atom is 0.341 e. The minimum atomic E-state index is -3.70. The summed E-state index contributed by atoms with van der Waals surface area (Å²) in [5, 5.41) is 3.37. The van der Waals surface area contributed by atoms with Gasteiger partial charge in [-0.1, -0.05) is 6.42 Å². The Kier molecular flexibility index (Phi) is 7.95. The zero-order chi connectivity index (χ0) is 25.2. The molecule has 0 bridgehead atoms. The van der Waals surface area contributed by atoms with Crippen molar-refractivity contribution in [2.75, 3.05) is 25.0 Å². The van der Waals surface area contributed by atoms with Gasteiger partial charge in [-0.25, -0.2) is 13.2 Å². The second-order valence-corrected chi connectivity index (χ2v) is 12.1. The molecule has 4 rings (SSSR count). The first-order valence-corrected chi connectivity index (χ1v) is 14.3. The normalized spacial score (nSPS) is 21.1. The van der Waals surface area contributed by atoms with Gasteiger partial charge in [0.25, 0.3) is 5.91 Å². The summed E-state index contributed by atoms with van der Waals surface area (Å²) >= 11 is 1.43. The number of esters is 1. The highest BCUT2D eigenvalue weighted by Gasteiger charge is 2.32. The van der Waals surface area contributed by atoms with Gasteiger partial charge in [0.15, 0.2) is 0 Å². The molecule has 2 heterocycles. The van der Waals surface area contributed by atoms with Crippen molar-refractivity contribution in [1.82, 2.24) is 4.31 Å². The summed E-state index contributed by atoms with van der Waals surface area (Å²) in [4.78, 5) is 27.0. The van der Waals surface area contributed by atoms with Gasteiger partial charge < -0.3 is 14.8 Å². The van der Waals surface area contributed by atoms with Gasteiger partial charge in [-0.2, -0.15) is 4.31 Å². The minimum absolute atomic E-state index is 0.130. The molecule has 0 spiro atoms. The van der Waals surface area contributed by atoms with E-state index in [0.717, 1.165) is 42.5 Å². The van der Waals surface area contributed by atoms with Crippen molar-refractivity contribution in [2.45, 2.75) is 70.0 Å². The van der Waals surface area contributed by atoms with Crippen LogP contribution in [0.1, 0.15) is 71.2 Å². The van der Waals surface area contributed by atoms with Crippen molar-refractivity contribution in [3.05, 3.63) is 45.8 Å². The first kappa shape index (κ1) is 25.8. The summed E-state index contributed by atoms with van der Waals surface area (Å²) in [5.41, 5.74) is 1.75. The van der Waals surface area contributed by atoms with Crippen molar-refractivity contribution < 1.29 is 27.5 Å². The number of nitrogens with zero attached hydrogens (tertiary/aromatic N) is 1. The van der Waals surface area contributed by atoms with Crippen LogP contribution in [0.3, 0.4) is 0 Å². The Labute approximate surface area is 210 Å². The Morgan fingerprint density at radius 1 is 1.09 bits per heavy atom. The van der Waals surface area contributed by atoms with Crippen molar-refractivity contribution in [2.24, 2.45) is 0 Å². The average Bonchev–Trinajstić information content (AvgIpc) is 2.98. The molecule has 0 saturated carbocycles. The second kappa shape index (κ2) is 10.8. The number of hydrogen-bond donors (Lipinski definition) is 1. The van der Waals surface area contributed by atoms with Gasteiger partial charge in [-0.3, -0.25) is 4.79 Å². The van der Waals surface area contributed by atoms with Crippen molar-refractivity contribution >= 4 is 38.2 Å². The molecule has 1 aliphatic carbocycles. The number of anilines is 1. The fourth-order valence-corrected chi connectivity index (χ4v) is 7.54. The SMILES string of the molecule is CCOC(=O)c1c(NC(=O)c2ccc(S(=O)(=O)N3C[C@@H](C)O[C@H](C)C3)cc2)sc2c1CCCCC2. The fourth-order valence-electron chi connectivity index (χ4n) is 4.68. The monoisotopic (exact) mass is 520 g/mol. The van der Waals surface area contributed by atoms with Crippen LogP contribution < -0.4 is 5.32 Å². The zero-order valence-corrected chi connectivity index (χ0v) is 22.0. The lowest BCUT2D eigenvalue weighted by atomic mass is 10.1. The number of carbonyl (C=O) groups is 2. The molecule has 10 heteroatoms. The van der Waals surface area contributed by atoms with Crippen LogP contribution >= 0.6 is 11.3 Å². The molecule has 1 aliphatic heterocycles. The van der Waals surface area contributed by atoms with Gasteiger partial charge in [0.05, 0.1) is 29.3 Å². The maximum absolute atomic E-state index is 13.1. The molecule has 0 radical (unpaired) electrons. The smallest absolute Gasteiger partial charge is 0.341 e. The number of benzene rings is 1. The van der Waals surface area contributed by atoms with E-state index in [1.807, 2.05) is 13.8 Å². The highest BCUT2D eigenvalue weighted by Crippen LogP contribution is 2.38. The van der Waals surface area contributed by atoms with E-state index in [-0.39, 0.29) is 36.8 Å². The topological polar surface area (TPSA) is 102 Å². The standard InChI is InChI=1S/C25H32N2O6S2/c1-4-32-25(29)22-20-8-6-5-7-9-21(20)34-24(22)26-23(28)18-10-12-19(13-11-18)35(30,31)27-14-16(2)33-17(3)15-27/h10-13,16-17H,4-9,14-15H2,1-3H3,(H,26,28)/t16-,17-/m1/s1. The van der Waals surface area contributed by atoms with Gasteiger partial charge >= 0.3 is 5.97 Å². The van der Waals surface area contributed by atoms with E-state index in [0.29, 0.717) is 16.1 Å². The van der Waals surface area contributed by atoms with Crippen molar-refractivity contribution in [3.63, 3.8) is 0 Å². The number of sulfonamides is 1. The highest BCUT2D eigenvalue weighted by atomic mass is 32.2. The molecule has 8 nitrogen and oxygen atoms in total. The van der Waals surface area contributed by atoms with Crippen LogP contribution in [-0.4, -0.2) is 56.5 Å². The van der Waals surface area contributed by atoms with E-state index in [4.69, 9.17) is 9.47 Å².